The van der Waals surface area contributed by atoms with E-state index in [1.54, 1.807) is 6.92 Å². The molecule has 3 aliphatic heterocycles. The number of carbonyl (C=O) groups is 2. The van der Waals surface area contributed by atoms with Crippen molar-refractivity contribution in [2.24, 2.45) is 23.7 Å². The maximum absolute atomic E-state index is 13.6. The third kappa shape index (κ3) is 4.82. The van der Waals surface area contributed by atoms with Crippen LogP contribution >= 0.6 is 0 Å². The molecule has 0 spiro atoms. The molecule has 3 saturated carbocycles. The highest BCUT2D eigenvalue weighted by molar-refractivity contribution is 5.75. The summed E-state index contributed by atoms with van der Waals surface area (Å²) in [5.74, 6) is 2.80. The fourth-order valence-electron chi connectivity index (χ4n) is 8.24. The minimum Gasteiger partial charge on any atom is -0.446 e. The summed E-state index contributed by atoms with van der Waals surface area (Å²) in [5, 5.41) is 5.99. The van der Waals surface area contributed by atoms with Gasteiger partial charge in [0, 0.05) is 38.6 Å². The smallest absolute Gasteiger partial charge is 0.410 e. The van der Waals surface area contributed by atoms with E-state index in [-0.39, 0.29) is 36.2 Å². The lowest BCUT2D eigenvalue weighted by Crippen LogP contribution is -2.67. The van der Waals surface area contributed by atoms with Gasteiger partial charge in [-0.3, -0.25) is 10.2 Å². The van der Waals surface area contributed by atoms with Crippen molar-refractivity contribution in [3.05, 3.63) is 0 Å². The van der Waals surface area contributed by atoms with E-state index in [2.05, 4.69) is 27.6 Å². The molecule has 0 aromatic rings. The van der Waals surface area contributed by atoms with Gasteiger partial charge in [0.15, 0.2) is 0 Å². The Morgan fingerprint density at radius 3 is 2.46 bits per heavy atom. The van der Waals surface area contributed by atoms with Crippen LogP contribution in [0.1, 0.15) is 71.6 Å². The minimum absolute atomic E-state index is 0.0359. The summed E-state index contributed by atoms with van der Waals surface area (Å²) in [6.07, 6.45) is 10.1. The van der Waals surface area contributed by atoms with Crippen LogP contribution in [0.5, 0.6) is 0 Å². The Kier molecular flexibility index (Phi) is 6.73. The Morgan fingerprint density at radius 1 is 0.829 bits per heavy atom. The Labute approximate surface area is 210 Å². The molecule has 3 heterocycles. The monoisotopic (exact) mass is 487 g/mol. The van der Waals surface area contributed by atoms with Crippen LogP contribution in [0.25, 0.3) is 0 Å². The molecule has 0 aromatic carbocycles. The van der Waals surface area contributed by atoms with Gasteiger partial charge >= 0.3 is 6.09 Å². The first-order chi connectivity index (χ1) is 17.0. The summed E-state index contributed by atoms with van der Waals surface area (Å²) in [6, 6.07) is 0.965. The third-order valence-corrected chi connectivity index (χ3v) is 10.2. The molecule has 35 heavy (non-hydrogen) atoms. The van der Waals surface area contributed by atoms with Gasteiger partial charge in [-0.05, 0) is 101 Å². The van der Waals surface area contributed by atoms with Gasteiger partial charge in [-0.2, -0.15) is 0 Å². The fraction of sp³-hybridized carbons (Fsp3) is 0.926. The van der Waals surface area contributed by atoms with E-state index < -0.39 is 0 Å². The number of hydrogen-bond donors (Lipinski definition) is 2. The first-order valence-corrected chi connectivity index (χ1v) is 14.4. The molecule has 8 heteroatoms. The molecule has 8 atom stereocenters. The number of fused-ring (bicyclic) bond motifs is 2. The molecule has 7 unspecified atom stereocenters. The Bertz CT molecular complexity index is 806. The van der Waals surface area contributed by atoms with E-state index in [4.69, 9.17) is 4.74 Å². The van der Waals surface area contributed by atoms with Crippen LogP contribution in [0.2, 0.25) is 0 Å². The zero-order chi connectivity index (χ0) is 24.1. The molecule has 2 N–H and O–H groups in total. The zero-order valence-corrected chi connectivity index (χ0v) is 21.7. The number of rotatable bonds is 3. The quantitative estimate of drug-likeness (QED) is 0.637. The molecule has 0 bridgehead atoms. The minimum atomic E-state index is -0.132. The summed E-state index contributed by atoms with van der Waals surface area (Å²) in [6.45, 7) is 8.74. The molecule has 3 aliphatic carbocycles. The molecule has 6 rings (SSSR count). The van der Waals surface area contributed by atoms with E-state index in [1.807, 2.05) is 4.90 Å². The Morgan fingerprint density at radius 2 is 1.66 bits per heavy atom. The van der Waals surface area contributed by atoms with Crippen LogP contribution in [-0.4, -0.2) is 89.8 Å². The molecule has 196 valence electrons. The predicted molar refractivity (Wildman–Crippen MR) is 133 cm³/mol. The number of ether oxygens (including phenoxy) is 1. The maximum atomic E-state index is 13.6. The normalized spacial score (nSPS) is 42.3. The van der Waals surface area contributed by atoms with Gasteiger partial charge in [-0.25, -0.2) is 9.80 Å². The van der Waals surface area contributed by atoms with Crippen molar-refractivity contribution in [1.82, 2.24) is 25.6 Å². The number of hydrogen-bond acceptors (Lipinski definition) is 6. The van der Waals surface area contributed by atoms with Crippen molar-refractivity contribution in [1.29, 1.82) is 0 Å². The van der Waals surface area contributed by atoms with Crippen molar-refractivity contribution in [3.63, 3.8) is 0 Å². The molecule has 6 aliphatic rings. The molecule has 0 radical (unpaired) electrons. The van der Waals surface area contributed by atoms with Gasteiger partial charge in [0.2, 0.25) is 5.91 Å². The van der Waals surface area contributed by atoms with Gasteiger partial charge in [0.1, 0.15) is 6.10 Å². The van der Waals surface area contributed by atoms with Crippen LogP contribution in [0.4, 0.5) is 4.79 Å². The number of nitrogens with one attached hydrogen (secondary N) is 2. The average Bonchev–Trinajstić information content (AvgIpc) is 3.59. The zero-order valence-electron chi connectivity index (χ0n) is 21.7. The van der Waals surface area contributed by atoms with Crippen LogP contribution in [0.3, 0.4) is 0 Å². The number of carbonyl (C=O) groups excluding carboxylic acids is 2. The van der Waals surface area contributed by atoms with E-state index in [9.17, 15) is 9.59 Å². The largest absolute Gasteiger partial charge is 0.446 e. The highest BCUT2D eigenvalue weighted by Gasteiger charge is 2.49. The first kappa shape index (κ1) is 24.0. The van der Waals surface area contributed by atoms with Crippen molar-refractivity contribution in [2.75, 3.05) is 32.7 Å². The number of amides is 2. The van der Waals surface area contributed by atoms with E-state index in [1.165, 1.54) is 25.7 Å². The summed E-state index contributed by atoms with van der Waals surface area (Å²) in [4.78, 5) is 30.4. The first-order valence-electron chi connectivity index (χ1n) is 14.4. The summed E-state index contributed by atoms with van der Waals surface area (Å²) < 4.78 is 6.23. The predicted octanol–water partition coefficient (Wildman–Crippen LogP) is 2.59. The van der Waals surface area contributed by atoms with Gasteiger partial charge in [-0.1, -0.05) is 0 Å². The van der Waals surface area contributed by atoms with Gasteiger partial charge < -0.3 is 19.9 Å². The lowest BCUT2D eigenvalue weighted by Gasteiger charge is -2.54. The summed E-state index contributed by atoms with van der Waals surface area (Å²) in [7, 11) is 0. The van der Waals surface area contributed by atoms with Crippen LogP contribution in [0.15, 0.2) is 0 Å². The van der Waals surface area contributed by atoms with Crippen molar-refractivity contribution < 1.29 is 14.3 Å². The standard InChI is InChI=1S/C27H45N5O3/c1-17-15-30(27(34)35-24-7-3-19-9-10-28-13-21(19)11-24)26-12-20(4-8-25(26)32(17)18(2)33)22-14-29-31(16-22)23-5-6-23/h17,19-26,28-29H,3-16H2,1-2H3/t17-,19?,20?,21?,22?,24?,25?,26?/m0/s1. The lowest BCUT2D eigenvalue weighted by atomic mass is 9.73. The third-order valence-electron chi connectivity index (χ3n) is 10.2. The lowest BCUT2D eigenvalue weighted by molar-refractivity contribution is -0.143. The fourth-order valence-corrected chi connectivity index (χ4v) is 8.24. The van der Waals surface area contributed by atoms with E-state index in [0.717, 1.165) is 70.2 Å². The molecule has 8 nitrogen and oxygen atoms in total. The van der Waals surface area contributed by atoms with Crippen LogP contribution in [0, 0.1) is 23.7 Å². The highest BCUT2D eigenvalue weighted by Crippen LogP contribution is 2.41. The molecular formula is C27H45N5O3. The van der Waals surface area contributed by atoms with Crippen molar-refractivity contribution in [2.45, 2.75) is 102 Å². The van der Waals surface area contributed by atoms with Crippen molar-refractivity contribution >= 4 is 12.0 Å². The molecule has 6 fully saturated rings. The molecule has 0 aromatic heterocycles. The summed E-state index contributed by atoms with van der Waals surface area (Å²) >= 11 is 0. The van der Waals surface area contributed by atoms with Gasteiger partial charge in [0.05, 0.1) is 12.1 Å². The highest BCUT2D eigenvalue weighted by atomic mass is 16.6. The molecular weight excluding hydrogens is 442 g/mol. The SMILES string of the molecule is CC(=O)N1C2CCC(C3CNN(C4CC4)C3)CC2N(C(=O)OC2CCC3CCNCC3C2)C[C@@H]1C. The van der Waals surface area contributed by atoms with E-state index in [0.29, 0.717) is 24.3 Å². The van der Waals surface area contributed by atoms with Crippen molar-refractivity contribution in [3.8, 4) is 0 Å². The topological polar surface area (TPSA) is 77.2 Å². The second-order valence-corrected chi connectivity index (χ2v) is 12.5. The van der Waals surface area contributed by atoms with E-state index >= 15 is 0 Å². The average molecular weight is 488 g/mol. The van der Waals surface area contributed by atoms with Gasteiger partial charge in [-0.15, -0.1) is 0 Å². The van der Waals surface area contributed by atoms with Gasteiger partial charge in [0.25, 0.3) is 0 Å². The second kappa shape index (κ2) is 9.82. The summed E-state index contributed by atoms with van der Waals surface area (Å²) in [5.41, 5.74) is 3.64. The second-order valence-electron chi connectivity index (χ2n) is 12.5. The maximum Gasteiger partial charge on any atom is 0.410 e. The Hall–Kier alpha value is -1.38. The number of piperazine rings is 1. The number of nitrogens with zero attached hydrogens (tertiary/aromatic N) is 3. The Balaban J connectivity index is 1.14. The molecule has 2 amide bonds. The number of piperidine rings is 1. The van der Waals surface area contributed by atoms with Crippen LogP contribution < -0.4 is 10.7 Å². The molecule has 3 saturated heterocycles. The number of hydrazine groups is 1. The van der Waals surface area contributed by atoms with Crippen LogP contribution in [-0.2, 0) is 9.53 Å².